The second kappa shape index (κ2) is 8.48. The number of aromatic hydroxyl groups is 1. The van der Waals surface area contributed by atoms with Gasteiger partial charge in [0.25, 0.3) is 5.69 Å². The molecule has 3 aromatic carbocycles. The molecule has 34 heavy (non-hydrogen) atoms. The minimum absolute atomic E-state index is 0.0124. The Hall–Kier alpha value is -3.88. The Kier molecular flexibility index (Phi) is 5.47. The van der Waals surface area contributed by atoms with Crippen molar-refractivity contribution in [2.24, 2.45) is 4.99 Å². The van der Waals surface area contributed by atoms with Gasteiger partial charge in [-0.1, -0.05) is 42.0 Å². The zero-order valence-electron chi connectivity index (χ0n) is 18.4. The maximum Gasteiger partial charge on any atom is 0.269 e. The number of benzene rings is 3. The number of nitrogens with zero attached hydrogens (tertiary/aromatic N) is 3. The van der Waals surface area contributed by atoms with Gasteiger partial charge in [0.05, 0.1) is 26.9 Å². The molecule has 6 nitrogen and oxygen atoms in total. The van der Waals surface area contributed by atoms with Crippen LogP contribution in [0.3, 0.4) is 0 Å². The lowest BCUT2D eigenvalue weighted by atomic mass is 9.95. The van der Waals surface area contributed by atoms with Crippen LogP contribution in [-0.4, -0.2) is 20.3 Å². The van der Waals surface area contributed by atoms with E-state index in [0.717, 1.165) is 39.2 Å². The van der Waals surface area contributed by atoms with E-state index in [9.17, 15) is 15.2 Å². The smallest absolute Gasteiger partial charge is 0.269 e. The van der Waals surface area contributed by atoms with Crippen LogP contribution in [0.2, 0.25) is 0 Å². The fraction of sp³-hybridized carbons (Fsp3) is 0.0769. The largest absolute Gasteiger partial charge is 0.493 e. The van der Waals surface area contributed by atoms with Crippen LogP contribution in [0.5, 0.6) is 5.88 Å². The number of hydrogen-bond acceptors (Lipinski definition) is 6. The molecular weight excluding hydrogens is 466 g/mol. The number of rotatable bonds is 4. The summed E-state index contributed by atoms with van der Waals surface area (Å²) in [5, 5.41) is 22.1. The van der Waals surface area contributed by atoms with Gasteiger partial charge in [0.1, 0.15) is 0 Å². The molecule has 0 bridgehead atoms. The molecular formula is C26H19N3O3S2. The van der Waals surface area contributed by atoms with Crippen molar-refractivity contribution in [1.29, 1.82) is 0 Å². The summed E-state index contributed by atoms with van der Waals surface area (Å²) < 4.78 is 1.96. The molecule has 1 aliphatic rings. The molecule has 0 saturated carbocycles. The molecule has 8 heteroatoms. The number of hydrogen-bond donors (Lipinski definition) is 1. The van der Waals surface area contributed by atoms with E-state index in [1.54, 1.807) is 12.1 Å². The summed E-state index contributed by atoms with van der Waals surface area (Å²) in [5.74, 6) is -0.0124. The van der Waals surface area contributed by atoms with Crippen molar-refractivity contribution in [3.8, 4) is 11.6 Å². The molecule has 4 aromatic rings. The van der Waals surface area contributed by atoms with Crippen molar-refractivity contribution in [3.05, 3.63) is 108 Å². The topological polar surface area (TPSA) is 80.7 Å². The minimum atomic E-state index is -0.460. The van der Waals surface area contributed by atoms with Gasteiger partial charge in [0, 0.05) is 28.8 Å². The van der Waals surface area contributed by atoms with Crippen molar-refractivity contribution in [2.45, 2.75) is 13.8 Å². The normalized spacial score (nSPS) is 13.7. The zero-order chi connectivity index (χ0) is 24.0. The maximum atomic E-state index is 11.1. The lowest BCUT2D eigenvalue weighted by Crippen LogP contribution is -1.99. The molecule has 0 spiro atoms. The zero-order valence-corrected chi connectivity index (χ0v) is 20.0. The predicted octanol–water partition coefficient (Wildman–Crippen LogP) is 7.17. The third-order valence-corrected chi connectivity index (χ3v) is 6.98. The van der Waals surface area contributed by atoms with Crippen molar-refractivity contribution in [1.82, 2.24) is 4.57 Å². The molecule has 168 valence electrons. The van der Waals surface area contributed by atoms with E-state index in [1.165, 1.54) is 28.0 Å². The van der Waals surface area contributed by atoms with Crippen molar-refractivity contribution in [2.75, 3.05) is 0 Å². The van der Waals surface area contributed by atoms with Crippen LogP contribution in [0.1, 0.15) is 27.1 Å². The molecule has 0 unspecified atom stereocenters. The van der Waals surface area contributed by atoms with Gasteiger partial charge in [-0.25, -0.2) is 4.99 Å². The average Bonchev–Trinajstić information content (AvgIpc) is 3.31. The number of non-ortho nitro benzene ring substituents is 1. The molecule has 1 aromatic heterocycles. The van der Waals surface area contributed by atoms with Gasteiger partial charge < -0.3 is 5.11 Å². The van der Waals surface area contributed by atoms with Gasteiger partial charge >= 0.3 is 0 Å². The summed E-state index contributed by atoms with van der Waals surface area (Å²) >= 11 is 6.81. The number of allylic oxidation sites excluding steroid dienone is 1. The Morgan fingerprint density at radius 3 is 2.47 bits per heavy atom. The Labute approximate surface area is 205 Å². The van der Waals surface area contributed by atoms with Crippen LogP contribution in [0, 0.1) is 27.9 Å². The first kappa shape index (κ1) is 21.9. The second-order valence-corrected chi connectivity index (χ2v) is 9.70. The first-order valence-corrected chi connectivity index (χ1v) is 11.7. The molecule has 0 saturated heterocycles. The molecule has 5 rings (SSSR count). The van der Waals surface area contributed by atoms with Crippen LogP contribution in [0.25, 0.3) is 17.3 Å². The fourth-order valence-electron chi connectivity index (χ4n) is 4.13. The van der Waals surface area contributed by atoms with E-state index >= 15 is 0 Å². The van der Waals surface area contributed by atoms with Crippen LogP contribution < -0.4 is 0 Å². The van der Waals surface area contributed by atoms with E-state index < -0.39 is 4.92 Å². The number of fused-ring (bicyclic) bond motifs is 1. The minimum Gasteiger partial charge on any atom is -0.493 e. The first-order chi connectivity index (χ1) is 16.3. The number of aromatic nitrogens is 1. The highest BCUT2D eigenvalue weighted by molar-refractivity contribution is 7.73. The highest BCUT2D eigenvalue weighted by Gasteiger charge is 2.25. The second-order valence-electron chi connectivity index (χ2n) is 8.03. The van der Waals surface area contributed by atoms with Crippen LogP contribution >= 0.6 is 23.6 Å². The molecule has 0 fully saturated rings. The Bertz CT molecular complexity index is 1560. The Morgan fingerprint density at radius 1 is 1.09 bits per heavy atom. The third kappa shape index (κ3) is 3.76. The molecule has 2 heterocycles. The van der Waals surface area contributed by atoms with Crippen molar-refractivity contribution in [3.63, 3.8) is 0 Å². The van der Waals surface area contributed by atoms with Crippen LogP contribution in [0.15, 0.2) is 71.7 Å². The van der Waals surface area contributed by atoms with Crippen molar-refractivity contribution >= 4 is 52.3 Å². The monoisotopic (exact) mass is 485 g/mol. The van der Waals surface area contributed by atoms with E-state index in [1.807, 2.05) is 43.3 Å². The fourth-order valence-corrected chi connectivity index (χ4v) is 5.43. The molecule has 0 amide bonds. The summed E-state index contributed by atoms with van der Waals surface area (Å²) in [7, 11) is 0. The number of nitro groups is 1. The summed E-state index contributed by atoms with van der Waals surface area (Å²) in [5.41, 5.74) is 7.43. The van der Waals surface area contributed by atoms with Crippen molar-refractivity contribution < 1.29 is 10.0 Å². The van der Waals surface area contributed by atoms with E-state index in [-0.39, 0.29) is 11.6 Å². The molecule has 1 N–H and O–H groups in total. The molecule has 0 aliphatic carbocycles. The van der Waals surface area contributed by atoms with E-state index in [2.05, 4.69) is 19.1 Å². The average molecular weight is 486 g/mol. The standard InChI is InChI=1S/C26H19N3O3S2/c1-15-12-16(2)23-20(13-15)21(24(27-23)17-6-4-3-5-7-17)14-22-25(30)28(26(33)34-22)18-8-10-19(11-9-18)29(31)32/h3-14,30H,1-2H3/b21-14-. The van der Waals surface area contributed by atoms with Crippen LogP contribution in [-0.2, 0) is 0 Å². The highest BCUT2D eigenvalue weighted by atomic mass is 32.1. The summed E-state index contributed by atoms with van der Waals surface area (Å²) in [6.07, 6.45) is 1.92. The lowest BCUT2D eigenvalue weighted by molar-refractivity contribution is -0.384. The lowest BCUT2D eigenvalue weighted by Gasteiger charge is -2.08. The van der Waals surface area contributed by atoms with E-state index in [0.29, 0.717) is 14.5 Å². The third-order valence-electron chi connectivity index (χ3n) is 5.67. The SMILES string of the molecule is Cc1cc(C)c2c(c1)/C(=C/c1sc(=S)n(-c3ccc([N+](=O)[O-])cc3)c1O)C(c1ccccc1)=N2. The summed E-state index contributed by atoms with van der Waals surface area (Å²) in [4.78, 5) is 16.1. The number of aliphatic imine (C=N–C) groups is 1. The van der Waals surface area contributed by atoms with Crippen LogP contribution in [0.4, 0.5) is 11.4 Å². The van der Waals surface area contributed by atoms with Gasteiger partial charge in [0.15, 0.2) is 3.95 Å². The molecule has 0 radical (unpaired) electrons. The van der Waals surface area contributed by atoms with E-state index in [4.69, 9.17) is 17.2 Å². The Morgan fingerprint density at radius 2 is 1.79 bits per heavy atom. The van der Waals surface area contributed by atoms with Gasteiger partial charge in [-0.3, -0.25) is 14.7 Å². The number of aryl methyl sites for hydroxylation is 2. The van der Waals surface area contributed by atoms with Gasteiger partial charge in [-0.05, 0) is 55.9 Å². The summed E-state index contributed by atoms with van der Waals surface area (Å²) in [6, 6.07) is 20.1. The predicted molar refractivity (Wildman–Crippen MR) is 139 cm³/mol. The Balaban J connectivity index is 1.67. The molecule has 1 aliphatic heterocycles. The number of thiazole rings is 1. The van der Waals surface area contributed by atoms with Gasteiger partial charge in [-0.2, -0.15) is 0 Å². The summed E-state index contributed by atoms with van der Waals surface area (Å²) in [6.45, 7) is 4.10. The maximum absolute atomic E-state index is 11.1. The quantitative estimate of drug-likeness (QED) is 0.189. The highest BCUT2D eigenvalue weighted by Crippen LogP contribution is 2.43. The number of nitro benzene ring substituents is 1. The molecule has 0 atom stereocenters. The first-order valence-electron chi connectivity index (χ1n) is 10.5. The van der Waals surface area contributed by atoms with Gasteiger partial charge in [-0.15, -0.1) is 11.3 Å². The van der Waals surface area contributed by atoms with Gasteiger partial charge in [0.2, 0.25) is 5.88 Å².